The van der Waals surface area contributed by atoms with E-state index in [2.05, 4.69) is 29.8 Å². The maximum Gasteiger partial charge on any atom is 0.0454 e. The van der Waals surface area contributed by atoms with Crippen LogP contribution in [0.5, 0.6) is 0 Å². The molecule has 0 aliphatic heterocycles. The van der Waals surface area contributed by atoms with Crippen molar-refractivity contribution < 1.29 is 0 Å². The van der Waals surface area contributed by atoms with E-state index >= 15 is 0 Å². The summed E-state index contributed by atoms with van der Waals surface area (Å²) in [5.74, 6) is 0. The number of halogens is 2. The molecule has 2 rings (SSSR count). The van der Waals surface area contributed by atoms with Crippen LogP contribution >= 0.6 is 34.5 Å². The molecular weight excluding hydrogens is 297 g/mol. The largest absolute Gasteiger partial charge is 0.310 e. The highest BCUT2D eigenvalue weighted by atomic mass is 35.5. The Morgan fingerprint density at radius 1 is 1.26 bits per heavy atom. The number of benzene rings is 1. The Kier molecular flexibility index (Phi) is 5.71. The fraction of sp³-hybridized carbons (Fsp3) is 0.333. The molecule has 1 aromatic carbocycles. The Bertz CT molecular complexity index is 511. The summed E-state index contributed by atoms with van der Waals surface area (Å²) in [5, 5.41) is 7.16. The van der Waals surface area contributed by atoms with Crippen molar-refractivity contribution in [1.82, 2.24) is 5.32 Å². The lowest BCUT2D eigenvalue weighted by Gasteiger charge is -2.20. The molecule has 1 aromatic heterocycles. The Hall–Kier alpha value is -0.540. The molecule has 1 unspecified atom stereocenters. The average molecular weight is 314 g/mol. The van der Waals surface area contributed by atoms with E-state index < -0.39 is 0 Å². The number of hydrogen-bond acceptors (Lipinski definition) is 2. The van der Waals surface area contributed by atoms with Gasteiger partial charge in [0.2, 0.25) is 0 Å². The van der Waals surface area contributed by atoms with Crippen molar-refractivity contribution in [2.75, 3.05) is 6.54 Å². The van der Waals surface area contributed by atoms with Crippen LogP contribution in [-0.2, 0) is 6.42 Å². The monoisotopic (exact) mass is 313 g/mol. The van der Waals surface area contributed by atoms with Crippen LogP contribution in [-0.4, -0.2) is 6.54 Å². The van der Waals surface area contributed by atoms with Crippen molar-refractivity contribution in [3.63, 3.8) is 0 Å². The molecule has 0 radical (unpaired) electrons. The highest BCUT2D eigenvalue weighted by Gasteiger charge is 2.15. The fourth-order valence-corrected chi connectivity index (χ4v) is 3.20. The molecule has 0 aliphatic carbocycles. The molecule has 1 heterocycles. The highest BCUT2D eigenvalue weighted by molar-refractivity contribution is 7.09. The molecule has 1 N–H and O–H groups in total. The molecule has 0 fully saturated rings. The summed E-state index contributed by atoms with van der Waals surface area (Å²) >= 11 is 14.2. The zero-order valence-corrected chi connectivity index (χ0v) is 13.2. The van der Waals surface area contributed by atoms with Crippen molar-refractivity contribution in [2.24, 2.45) is 0 Å². The predicted molar refractivity (Wildman–Crippen MR) is 85.5 cm³/mol. The van der Waals surface area contributed by atoms with E-state index in [1.54, 1.807) is 11.3 Å². The first-order valence-corrected chi connectivity index (χ1v) is 8.05. The van der Waals surface area contributed by atoms with Gasteiger partial charge in [0.25, 0.3) is 0 Å². The standard InChI is InChI=1S/C15H17Cl2NS/c1-2-7-18-15(10-12-4-3-8-19-12)13-9-11(16)5-6-14(13)17/h3-6,8-9,15,18H,2,7,10H2,1H3. The lowest BCUT2D eigenvalue weighted by molar-refractivity contribution is 0.532. The van der Waals surface area contributed by atoms with Crippen LogP contribution in [0.25, 0.3) is 0 Å². The SMILES string of the molecule is CCCNC(Cc1cccs1)c1cc(Cl)ccc1Cl. The summed E-state index contributed by atoms with van der Waals surface area (Å²) in [6.45, 7) is 3.13. The summed E-state index contributed by atoms with van der Waals surface area (Å²) in [6, 6.07) is 10.1. The molecule has 0 spiro atoms. The quantitative estimate of drug-likeness (QED) is 0.759. The molecule has 0 saturated heterocycles. The van der Waals surface area contributed by atoms with E-state index in [0.717, 1.165) is 35.0 Å². The van der Waals surface area contributed by atoms with E-state index in [1.807, 2.05) is 18.2 Å². The minimum atomic E-state index is 0.213. The first-order valence-electron chi connectivity index (χ1n) is 6.41. The molecule has 19 heavy (non-hydrogen) atoms. The van der Waals surface area contributed by atoms with Crippen LogP contribution in [0.2, 0.25) is 10.0 Å². The molecule has 0 saturated carbocycles. The molecule has 0 aliphatic rings. The fourth-order valence-electron chi connectivity index (χ4n) is 2.02. The number of rotatable bonds is 6. The van der Waals surface area contributed by atoms with Crippen LogP contribution in [0.4, 0.5) is 0 Å². The third-order valence-corrected chi connectivity index (χ3v) is 4.44. The topological polar surface area (TPSA) is 12.0 Å². The molecule has 4 heteroatoms. The molecular formula is C15H17Cl2NS. The first kappa shape index (κ1) is 14.9. The summed E-state index contributed by atoms with van der Waals surface area (Å²) in [5.41, 5.74) is 1.08. The normalized spacial score (nSPS) is 12.6. The van der Waals surface area contributed by atoms with Crippen molar-refractivity contribution in [1.29, 1.82) is 0 Å². The second kappa shape index (κ2) is 7.30. The van der Waals surface area contributed by atoms with Gasteiger partial charge in [-0.2, -0.15) is 0 Å². The Morgan fingerprint density at radius 2 is 2.11 bits per heavy atom. The smallest absolute Gasteiger partial charge is 0.0454 e. The lowest BCUT2D eigenvalue weighted by Crippen LogP contribution is -2.24. The summed E-state index contributed by atoms with van der Waals surface area (Å²) in [7, 11) is 0. The van der Waals surface area contributed by atoms with E-state index in [0.29, 0.717) is 0 Å². The maximum absolute atomic E-state index is 6.31. The number of hydrogen-bond donors (Lipinski definition) is 1. The summed E-state index contributed by atoms with van der Waals surface area (Å²) in [6.07, 6.45) is 2.04. The summed E-state index contributed by atoms with van der Waals surface area (Å²) in [4.78, 5) is 1.35. The van der Waals surface area contributed by atoms with Gasteiger partial charge in [-0.05, 0) is 48.2 Å². The Morgan fingerprint density at radius 3 is 2.79 bits per heavy atom. The van der Waals surface area contributed by atoms with Crippen molar-refractivity contribution in [2.45, 2.75) is 25.8 Å². The van der Waals surface area contributed by atoms with Crippen molar-refractivity contribution >= 4 is 34.5 Å². The maximum atomic E-state index is 6.31. The van der Waals surface area contributed by atoms with Gasteiger partial charge in [-0.25, -0.2) is 0 Å². The third kappa shape index (κ3) is 4.22. The molecule has 1 nitrogen and oxygen atoms in total. The van der Waals surface area contributed by atoms with Gasteiger partial charge in [0.05, 0.1) is 0 Å². The van der Waals surface area contributed by atoms with Gasteiger partial charge in [0, 0.05) is 27.4 Å². The highest BCUT2D eigenvalue weighted by Crippen LogP contribution is 2.29. The molecule has 0 amide bonds. The number of thiophene rings is 1. The van der Waals surface area contributed by atoms with Crippen LogP contribution in [0.1, 0.15) is 29.8 Å². The lowest BCUT2D eigenvalue weighted by atomic mass is 10.0. The van der Waals surface area contributed by atoms with Gasteiger partial charge in [-0.15, -0.1) is 11.3 Å². The Balaban J connectivity index is 2.23. The molecule has 0 bridgehead atoms. The van der Waals surface area contributed by atoms with Gasteiger partial charge < -0.3 is 5.32 Å². The number of nitrogens with one attached hydrogen (secondary N) is 1. The average Bonchev–Trinajstić information content (AvgIpc) is 2.90. The van der Waals surface area contributed by atoms with Crippen LogP contribution in [0.3, 0.4) is 0 Å². The predicted octanol–water partition coefficient (Wildman–Crippen LogP) is 5.34. The van der Waals surface area contributed by atoms with E-state index in [-0.39, 0.29) is 6.04 Å². The van der Waals surface area contributed by atoms with Gasteiger partial charge in [0.1, 0.15) is 0 Å². The van der Waals surface area contributed by atoms with Crippen LogP contribution in [0.15, 0.2) is 35.7 Å². The minimum Gasteiger partial charge on any atom is -0.310 e. The van der Waals surface area contributed by atoms with Crippen LogP contribution < -0.4 is 5.32 Å². The molecule has 2 aromatic rings. The van der Waals surface area contributed by atoms with Crippen molar-refractivity contribution in [3.05, 3.63) is 56.2 Å². The van der Waals surface area contributed by atoms with E-state index in [4.69, 9.17) is 23.2 Å². The third-order valence-electron chi connectivity index (χ3n) is 2.96. The van der Waals surface area contributed by atoms with Gasteiger partial charge in [-0.1, -0.05) is 36.2 Å². The molecule has 1 atom stereocenters. The Labute approximate surface area is 128 Å². The summed E-state index contributed by atoms with van der Waals surface area (Å²) < 4.78 is 0. The second-order valence-electron chi connectivity index (χ2n) is 4.46. The van der Waals surface area contributed by atoms with Gasteiger partial charge in [-0.3, -0.25) is 0 Å². The van der Waals surface area contributed by atoms with Crippen molar-refractivity contribution in [3.8, 4) is 0 Å². The minimum absolute atomic E-state index is 0.213. The zero-order chi connectivity index (χ0) is 13.7. The van der Waals surface area contributed by atoms with E-state index in [1.165, 1.54) is 4.88 Å². The zero-order valence-electron chi connectivity index (χ0n) is 10.8. The second-order valence-corrected chi connectivity index (χ2v) is 6.33. The first-order chi connectivity index (χ1) is 9.20. The van der Waals surface area contributed by atoms with Gasteiger partial charge >= 0.3 is 0 Å². The van der Waals surface area contributed by atoms with E-state index in [9.17, 15) is 0 Å². The molecule has 102 valence electrons. The van der Waals surface area contributed by atoms with Crippen LogP contribution in [0, 0.1) is 0 Å². The van der Waals surface area contributed by atoms with Gasteiger partial charge in [0.15, 0.2) is 0 Å².